The lowest BCUT2D eigenvalue weighted by molar-refractivity contribution is 0.401. The molecule has 1 saturated heterocycles. The molecule has 1 aliphatic rings. The van der Waals surface area contributed by atoms with Crippen LogP contribution in [-0.4, -0.2) is 6.61 Å². The highest BCUT2D eigenvalue weighted by atomic mass is 35.5. The highest BCUT2D eigenvalue weighted by molar-refractivity contribution is 6.17. The van der Waals surface area contributed by atoms with Crippen LogP contribution in [0.25, 0.3) is 11.1 Å². The summed E-state index contributed by atoms with van der Waals surface area (Å²) in [5.74, 6) is -1.25. The average Bonchev–Trinajstić information content (AvgIpc) is 3.26. The maximum Gasteiger partial charge on any atom is 0.167 e. The molecule has 2 aromatic rings. The Balaban J connectivity index is 2.02. The molecule has 1 aliphatic heterocycles. The molecule has 1 fully saturated rings. The Morgan fingerprint density at radius 2 is 1.74 bits per heavy atom. The fraction of sp³-hybridized carbons (Fsp3) is 0.200. The molecule has 1 unspecified atom stereocenters. The summed E-state index contributed by atoms with van der Waals surface area (Å²) in [4.78, 5) is 0. The van der Waals surface area contributed by atoms with Crippen LogP contribution in [0, 0.1) is 11.6 Å². The van der Waals surface area contributed by atoms with Crippen molar-refractivity contribution in [3.05, 3.63) is 59.2 Å². The monoisotopic (exact) mass is 280 g/mol. The molecule has 0 bridgehead atoms. The third kappa shape index (κ3) is 2.36. The number of rotatable bonds is 3. The first-order valence-electron chi connectivity index (χ1n) is 5.95. The molecule has 1 heterocycles. The normalized spacial score (nSPS) is 17.5. The zero-order valence-corrected chi connectivity index (χ0v) is 10.8. The second-order valence-electron chi connectivity index (χ2n) is 4.48. The first kappa shape index (κ1) is 12.6. The van der Waals surface area contributed by atoms with Crippen molar-refractivity contribution >= 4 is 11.6 Å². The summed E-state index contributed by atoms with van der Waals surface area (Å²) in [6, 6.07) is 10.3. The largest absolute Gasteiger partial charge is 0.368 e. The van der Waals surface area contributed by atoms with Gasteiger partial charge in [-0.3, -0.25) is 0 Å². The van der Waals surface area contributed by atoms with Crippen LogP contribution in [0.2, 0.25) is 0 Å². The average molecular weight is 281 g/mol. The van der Waals surface area contributed by atoms with Gasteiger partial charge in [0, 0.05) is 17.0 Å². The zero-order chi connectivity index (χ0) is 13.4. The third-order valence-corrected chi connectivity index (χ3v) is 3.52. The number of benzene rings is 2. The Morgan fingerprint density at radius 1 is 1.05 bits per heavy atom. The summed E-state index contributed by atoms with van der Waals surface area (Å²) in [5, 5.41) is 0. The van der Waals surface area contributed by atoms with Crippen LogP contribution < -0.4 is 0 Å². The molecule has 0 radical (unpaired) electrons. The van der Waals surface area contributed by atoms with Crippen molar-refractivity contribution in [1.29, 1.82) is 0 Å². The second-order valence-corrected chi connectivity index (χ2v) is 4.75. The van der Waals surface area contributed by atoms with Crippen molar-refractivity contribution in [3.8, 4) is 11.1 Å². The minimum Gasteiger partial charge on any atom is -0.368 e. The van der Waals surface area contributed by atoms with Gasteiger partial charge in [-0.2, -0.15) is 0 Å². The van der Waals surface area contributed by atoms with Gasteiger partial charge < -0.3 is 4.74 Å². The summed E-state index contributed by atoms with van der Waals surface area (Å²) in [6.07, 6.45) is -0.290. The van der Waals surface area contributed by atoms with E-state index in [-0.39, 0.29) is 11.7 Å². The van der Waals surface area contributed by atoms with Crippen molar-refractivity contribution in [2.75, 3.05) is 6.61 Å². The SMILES string of the molecule is Fc1c(-c2ccc(CCl)cc2)ccc(C2CO2)c1F. The third-order valence-electron chi connectivity index (χ3n) is 3.21. The Kier molecular flexibility index (Phi) is 3.25. The van der Waals surface area contributed by atoms with Crippen LogP contribution >= 0.6 is 11.6 Å². The van der Waals surface area contributed by atoms with E-state index in [0.717, 1.165) is 5.56 Å². The van der Waals surface area contributed by atoms with Gasteiger partial charge in [-0.05, 0) is 11.1 Å². The van der Waals surface area contributed by atoms with Crippen LogP contribution in [-0.2, 0) is 10.6 Å². The molecule has 19 heavy (non-hydrogen) atoms. The molecule has 3 rings (SSSR count). The van der Waals surface area contributed by atoms with E-state index in [9.17, 15) is 8.78 Å². The van der Waals surface area contributed by atoms with Crippen LogP contribution in [0.4, 0.5) is 8.78 Å². The van der Waals surface area contributed by atoms with Crippen molar-refractivity contribution in [3.63, 3.8) is 0 Å². The fourth-order valence-corrected chi connectivity index (χ4v) is 2.22. The van der Waals surface area contributed by atoms with E-state index in [0.29, 0.717) is 23.6 Å². The standard InChI is InChI=1S/C15H11ClF2O/c16-7-9-1-3-10(4-2-9)11-5-6-12(13-8-19-13)15(18)14(11)17/h1-6,13H,7-8H2. The van der Waals surface area contributed by atoms with Crippen molar-refractivity contribution in [2.45, 2.75) is 12.0 Å². The summed E-state index contributed by atoms with van der Waals surface area (Å²) in [6.45, 7) is 0.458. The fourth-order valence-electron chi connectivity index (χ4n) is 2.04. The van der Waals surface area contributed by atoms with Crippen molar-refractivity contribution in [1.82, 2.24) is 0 Å². The molecular weight excluding hydrogens is 270 g/mol. The maximum atomic E-state index is 14.1. The first-order chi connectivity index (χ1) is 9.20. The lowest BCUT2D eigenvalue weighted by Gasteiger charge is -2.08. The number of alkyl halides is 1. The molecular formula is C15H11ClF2O. The second kappa shape index (κ2) is 4.91. The van der Waals surface area contributed by atoms with E-state index in [1.807, 2.05) is 0 Å². The Bertz CT molecular complexity index is 606. The van der Waals surface area contributed by atoms with Crippen LogP contribution in [0.3, 0.4) is 0 Å². The molecule has 2 aromatic carbocycles. The highest BCUT2D eigenvalue weighted by Crippen LogP contribution is 2.35. The number of hydrogen-bond donors (Lipinski definition) is 0. The van der Waals surface area contributed by atoms with Gasteiger partial charge in [0.2, 0.25) is 0 Å². The molecule has 0 saturated carbocycles. The number of epoxide rings is 1. The number of ether oxygens (including phenoxy) is 1. The smallest absolute Gasteiger partial charge is 0.167 e. The van der Waals surface area contributed by atoms with Gasteiger partial charge in [0.1, 0.15) is 6.10 Å². The van der Waals surface area contributed by atoms with Gasteiger partial charge in [-0.1, -0.05) is 36.4 Å². The Hall–Kier alpha value is -1.45. The minimum atomic E-state index is -0.827. The highest BCUT2D eigenvalue weighted by Gasteiger charge is 2.30. The summed E-state index contributed by atoms with van der Waals surface area (Å²) < 4.78 is 33.0. The molecule has 0 spiro atoms. The van der Waals surface area contributed by atoms with E-state index in [2.05, 4.69) is 0 Å². The molecule has 4 heteroatoms. The van der Waals surface area contributed by atoms with E-state index in [4.69, 9.17) is 16.3 Å². The molecule has 0 aromatic heterocycles. The van der Waals surface area contributed by atoms with E-state index >= 15 is 0 Å². The van der Waals surface area contributed by atoms with Crippen LogP contribution in [0.15, 0.2) is 36.4 Å². The summed E-state index contributed by atoms with van der Waals surface area (Å²) in [5.41, 5.74) is 2.12. The molecule has 0 aliphatic carbocycles. The lowest BCUT2D eigenvalue weighted by Crippen LogP contribution is -1.96. The van der Waals surface area contributed by atoms with E-state index in [1.165, 1.54) is 0 Å². The van der Waals surface area contributed by atoms with Gasteiger partial charge in [0.25, 0.3) is 0 Å². The zero-order valence-electron chi connectivity index (χ0n) is 10.00. The van der Waals surface area contributed by atoms with Gasteiger partial charge in [-0.15, -0.1) is 11.6 Å². The number of hydrogen-bond acceptors (Lipinski definition) is 1. The molecule has 98 valence electrons. The molecule has 0 amide bonds. The number of halogens is 3. The Labute approximate surface area is 114 Å². The summed E-state index contributed by atoms with van der Waals surface area (Å²) >= 11 is 5.70. The van der Waals surface area contributed by atoms with Gasteiger partial charge in [0.05, 0.1) is 6.61 Å². The van der Waals surface area contributed by atoms with E-state index in [1.54, 1.807) is 36.4 Å². The van der Waals surface area contributed by atoms with Gasteiger partial charge >= 0.3 is 0 Å². The van der Waals surface area contributed by atoms with Crippen molar-refractivity contribution in [2.24, 2.45) is 0 Å². The summed E-state index contributed by atoms with van der Waals surface area (Å²) in [7, 11) is 0. The van der Waals surface area contributed by atoms with Crippen molar-refractivity contribution < 1.29 is 13.5 Å². The Morgan fingerprint density at radius 3 is 2.32 bits per heavy atom. The van der Waals surface area contributed by atoms with Gasteiger partial charge in [-0.25, -0.2) is 8.78 Å². The predicted molar refractivity (Wildman–Crippen MR) is 70.0 cm³/mol. The molecule has 0 N–H and O–H groups in total. The maximum absolute atomic E-state index is 14.1. The van der Waals surface area contributed by atoms with Crippen LogP contribution in [0.1, 0.15) is 17.2 Å². The molecule has 1 nitrogen and oxygen atoms in total. The predicted octanol–water partition coefficient (Wildman–Crippen LogP) is 4.44. The van der Waals surface area contributed by atoms with Gasteiger partial charge in [0.15, 0.2) is 11.6 Å². The topological polar surface area (TPSA) is 12.5 Å². The van der Waals surface area contributed by atoms with Crippen LogP contribution in [0.5, 0.6) is 0 Å². The molecule has 1 atom stereocenters. The first-order valence-corrected chi connectivity index (χ1v) is 6.49. The lowest BCUT2D eigenvalue weighted by atomic mass is 10.0. The van der Waals surface area contributed by atoms with E-state index < -0.39 is 11.6 Å². The quantitative estimate of drug-likeness (QED) is 0.598. The minimum absolute atomic E-state index is 0.253.